The molecule has 1 aromatic rings. The van der Waals surface area contributed by atoms with E-state index in [9.17, 15) is 0 Å². The lowest BCUT2D eigenvalue weighted by molar-refractivity contribution is 0.635. The van der Waals surface area contributed by atoms with Crippen LogP contribution in [0.2, 0.25) is 0 Å². The highest BCUT2D eigenvalue weighted by Crippen LogP contribution is 2.20. The van der Waals surface area contributed by atoms with Crippen molar-refractivity contribution in [3.05, 3.63) is 0 Å². The zero-order chi connectivity index (χ0) is 12.8. The Kier molecular flexibility index (Phi) is 5.43. The largest absolute Gasteiger partial charge is 0.347 e. The summed E-state index contributed by atoms with van der Waals surface area (Å²) in [6.07, 6.45) is 1.15. The Bertz CT molecular complexity index is 357. The van der Waals surface area contributed by atoms with Gasteiger partial charge in [0.25, 0.3) is 0 Å². The van der Waals surface area contributed by atoms with Gasteiger partial charge < -0.3 is 4.90 Å². The van der Waals surface area contributed by atoms with Crippen LogP contribution in [0.25, 0.3) is 0 Å². The number of nitrogen functional groups attached to an aromatic ring is 1. The van der Waals surface area contributed by atoms with Crippen molar-refractivity contribution in [3.63, 3.8) is 0 Å². The molecule has 0 spiro atoms. The van der Waals surface area contributed by atoms with Crippen LogP contribution < -0.4 is 16.2 Å². The lowest BCUT2D eigenvalue weighted by atomic mass is 10.2. The Hall–Kier alpha value is -1.08. The number of aromatic nitrogens is 3. The van der Waals surface area contributed by atoms with Gasteiger partial charge in [-0.15, -0.1) is 0 Å². The number of anilines is 2. The van der Waals surface area contributed by atoms with Crippen molar-refractivity contribution in [2.24, 2.45) is 11.8 Å². The molecule has 0 bridgehead atoms. The number of nitrogens with zero attached hydrogens (tertiary/aromatic N) is 4. The molecule has 0 saturated heterocycles. The van der Waals surface area contributed by atoms with E-state index in [1.54, 1.807) is 11.8 Å². The predicted octanol–water partition coefficient (Wildman–Crippen LogP) is 1.36. The molecule has 0 amide bonds. The van der Waals surface area contributed by atoms with Crippen molar-refractivity contribution in [1.82, 2.24) is 15.0 Å². The first-order valence-electron chi connectivity index (χ1n) is 5.59. The summed E-state index contributed by atoms with van der Waals surface area (Å²) >= 11 is 1.63. The summed E-state index contributed by atoms with van der Waals surface area (Å²) in [4.78, 5) is 14.6. The quantitative estimate of drug-likeness (QED) is 0.452. The van der Waals surface area contributed by atoms with E-state index in [1.807, 2.05) is 19.0 Å². The van der Waals surface area contributed by atoms with Crippen LogP contribution in [0.3, 0.4) is 0 Å². The third kappa shape index (κ3) is 4.35. The average molecular weight is 256 g/mol. The summed E-state index contributed by atoms with van der Waals surface area (Å²) in [7, 11) is 3.78. The maximum absolute atomic E-state index is 5.34. The Balaban J connectivity index is 2.80. The second kappa shape index (κ2) is 6.61. The van der Waals surface area contributed by atoms with E-state index >= 15 is 0 Å². The van der Waals surface area contributed by atoms with Crippen LogP contribution >= 0.6 is 11.8 Å². The summed E-state index contributed by atoms with van der Waals surface area (Å²) < 4.78 is 0. The van der Waals surface area contributed by atoms with Gasteiger partial charge in [-0.2, -0.15) is 15.0 Å². The van der Waals surface area contributed by atoms with E-state index in [-0.39, 0.29) is 0 Å². The van der Waals surface area contributed by atoms with Gasteiger partial charge in [-0.1, -0.05) is 32.0 Å². The summed E-state index contributed by atoms with van der Waals surface area (Å²) in [5.41, 5.74) is 2.46. The predicted molar refractivity (Wildman–Crippen MR) is 72.1 cm³/mol. The van der Waals surface area contributed by atoms with Gasteiger partial charge in [-0.3, -0.25) is 5.43 Å². The minimum atomic E-state index is 0.398. The van der Waals surface area contributed by atoms with Crippen LogP contribution in [-0.4, -0.2) is 34.8 Å². The van der Waals surface area contributed by atoms with E-state index in [0.717, 1.165) is 12.2 Å². The monoisotopic (exact) mass is 256 g/mol. The third-order valence-electron chi connectivity index (χ3n) is 2.33. The van der Waals surface area contributed by atoms with Crippen molar-refractivity contribution < 1.29 is 0 Å². The molecule has 0 fully saturated rings. The molecule has 1 rings (SSSR count). The zero-order valence-electron chi connectivity index (χ0n) is 10.8. The summed E-state index contributed by atoms with van der Waals surface area (Å²) in [6.45, 7) is 4.39. The molecular formula is C10H20N6S. The van der Waals surface area contributed by atoms with Crippen LogP contribution in [0, 0.1) is 5.92 Å². The van der Waals surface area contributed by atoms with Crippen LogP contribution in [-0.2, 0) is 0 Å². The Morgan fingerprint density at radius 1 is 1.35 bits per heavy atom. The van der Waals surface area contributed by atoms with E-state index in [4.69, 9.17) is 5.84 Å². The lowest BCUT2D eigenvalue weighted by Crippen LogP contribution is -2.18. The van der Waals surface area contributed by atoms with Crippen LogP contribution in [0.1, 0.15) is 20.3 Å². The summed E-state index contributed by atoms with van der Waals surface area (Å²) in [6, 6.07) is 0. The smallest absolute Gasteiger partial charge is 0.242 e. The Morgan fingerprint density at radius 3 is 2.59 bits per heavy atom. The molecule has 1 aromatic heterocycles. The van der Waals surface area contributed by atoms with Gasteiger partial charge in [-0.05, 0) is 5.92 Å². The topological polar surface area (TPSA) is 80.0 Å². The molecule has 6 nitrogen and oxygen atoms in total. The van der Waals surface area contributed by atoms with Gasteiger partial charge in [0, 0.05) is 19.8 Å². The number of hydrogen-bond acceptors (Lipinski definition) is 7. The number of nitrogens with one attached hydrogen (secondary N) is 1. The van der Waals surface area contributed by atoms with Crippen molar-refractivity contribution in [1.29, 1.82) is 0 Å². The normalized spacial score (nSPS) is 12.3. The van der Waals surface area contributed by atoms with E-state index < -0.39 is 0 Å². The Morgan fingerprint density at radius 2 is 2.06 bits per heavy atom. The number of nitrogens with two attached hydrogens (primary N) is 1. The minimum Gasteiger partial charge on any atom is -0.347 e. The lowest BCUT2D eigenvalue weighted by Gasteiger charge is -2.12. The molecular weight excluding hydrogens is 236 g/mol. The molecule has 0 aliphatic heterocycles. The molecule has 1 unspecified atom stereocenters. The fourth-order valence-electron chi connectivity index (χ4n) is 1.01. The molecule has 0 aliphatic carbocycles. The summed E-state index contributed by atoms with van der Waals surface area (Å²) in [5.74, 6) is 7.99. The molecule has 1 heterocycles. The van der Waals surface area contributed by atoms with Crippen LogP contribution in [0.5, 0.6) is 0 Å². The maximum Gasteiger partial charge on any atom is 0.242 e. The highest BCUT2D eigenvalue weighted by Gasteiger charge is 2.09. The molecule has 3 N–H and O–H groups in total. The standard InChI is InChI=1S/C10H20N6S/c1-5-7(2)6-17-10-13-8(15-11)12-9(14-10)16(3)4/h7H,5-6,11H2,1-4H3,(H,12,13,14,15). The molecule has 1 atom stereocenters. The molecule has 96 valence electrons. The molecule has 17 heavy (non-hydrogen) atoms. The van der Waals surface area contributed by atoms with Crippen molar-refractivity contribution in [2.75, 3.05) is 30.2 Å². The van der Waals surface area contributed by atoms with Gasteiger partial charge in [-0.25, -0.2) is 5.84 Å². The first-order chi connectivity index (χ1) is 8.06. The number of hydrogen-bond donors (Lipinski definition) is 2. The third-order valence-corrected chi connectivity index (χ3v) is 3.50. The maximum atomic E-state index is 5.34. The van der Waals surface area contributed by atoms with Gasteiger partial charge in [0.05, 0.1) is 0 Å². The van der Waals surface area contributed by atoms with Crippen molar-refractivity contribution in [2.45, 2.75) is 25.4 Å². The molecule has 7 heteroatoms. The van der Waals surface area contributed by atoms with Gasteiger partial charge in [0.1, 0.15) is 0 Å². The van der Waals surface area contributed by atoms with E-state index in [0.29, 0.717) is 23.0 Å². The van der Waals surface area contributed by atoms with Crippen molar-refractivity contribution >= 4 is 23.7 Å². The molecule has 0 saturated carbocycles. The molecule has 0 radical (unpaired) electrons. The van der Waals surface area contributed by atoms with Crippen LogP contribution in [0.15, 0.2) is 5.16 Å². The number of rotatable bonds is 6. The summed E-state index contributed by atoms with van der Waals surface area (Å²) in [5, 5.41) is 0.706. The highest BCUT2D eigenvalue weighted by atomic mass is 32.2. The first-order valence-corrected chi connectivity index (χ1v) is 6.58. The van der Waals surface area contributed by atoms with E-state index in [2.05, 4.69) is 34.2 Å². The number of thioether (sulfide) groups is 1. The van der Waals surface area contributed by atoms with E-state index in [1.165, 1.54) is 0 Å². The van der Waals surface area contributed by atoms with Crippen LogP contribution in [0.4, 0.5) is 11.9 Å². The fourth-order valence-corrected chi connectivity index (χ4v) is 1.98. The zero-order valence-corrected chi connectivity index (χ0v) is 11.6. The second-order valence-electron chi connectivity index (χ2n) is 4.10. The minimum absolute atomic E-state index is 0.398. The second-order valence-corrected chi connectivity index (χ2v) is 5.09. The Labute approximate surface area is 106 Å². The number of hydrazine groups is 1. The van der Waals surface area contributed by atoms with Gasteiger partial charge in [0.2, 0.25) is 11.9 Å². The molecule has 0 aliphatic rings. The molecule has 0 aromatic carbocycles. The average Bonchev–Trinajstić information content (AvgIpc) is 2.35. The highest BCUT2D eigenvalue weighted by molar-refractivity contribution is 7.99. The SMILES string of the molecule is CCC(C)CSc1nc(NN)nc(N(C)C)n1. The fraction of sp³-hybridized carbons (Fsp3) is 0.700. The first kappa shape index (κ1) is 14.0. The van der Waals surface area contributed by atoms with Gasteiger partial charge >= 0.3 is 0 Å². The van der Waals surface area contributed by atoms with Gasteiger partial charge in [0.15, 0.2) is 5.16 Å². The van der Waals surface area contributed by atoms with Crippen molar-refractivity contribution in [3.8, 4) is 0 Å².